The van der Waals surface area contributed by atoms with Crippen molar-refractivity contribution in [3.8, 4) is 0 Å². The summed E-state index contributed by atoms with van der Waals surface area (Å²) in [6.07, 6.45) is -5.08. The summed E-state index contributed by atoms with van der Waals surface area (Å²) in [5, 5.41) is 9.63. The Balaban J connectivity index is 0. The van der Waals surface area contributed by atoms with Crippen LogP contribution in [0.25, 0.3) is 0 Å². The fraction of sp³-hybridized carbons (Fsp3) is 0.778. The third-order valence-corrected chi connectivity index (χ3v) is 1.70. The summed E-state index contributed by atoms with van der Waals surface area (Å²) in [5.41, 5.74) is 5.44. The molecule has 0 aromatic rings. The quantitative estimate of drug-likeness (QED) is 0.646. The van der Waals surface area contributed by atoms with Crippen LogP contribution in [0.15, 0.2) is 0 Å². The van der Waals surface area contributed by atoms with E-state index in [0.717, 1.165) is 0 Å². The second-order valence-corrected chi connectivity index (χ2v) is 4.26. The molecule has 1 amide bonds. The zero-order chi connectivity index (χ0) is 14.4. The predicted octanol–water partition coefficient (Wildman–Crippen LogP) is 0.739. The Morgan fingerprint density at radius 1 is 1.24 bits per heavy atom. The van der Waals surface area contributed by atoms with Gasteiger partial charge in [-0.05, 0) is 5.41 Å². The molecular weight excluding hydrogens is 241 g/mol. The number of nitrogens with one attached hydrogen (secondary N) is 1. The molecule has 4 N–H and O–H groups in total. The molecule has 0 aliphatic heterocycles. The number of nitrogens with two attached hydrogens (primary N) is 1. The van der Waals surface area contributed by atoms with E-state index in [4.69, 9.17) is 15.6 Å². The minimum atomic E-state index is -5.08. The molecular formula is C9H17F3N2O3. The molecule has 0 aliphatic carbocycles. The molecule has 0 radical (unpaired) electrons. The Bertz CT molecular complexity index is 272. The Morgan fingerprint density at radius 3 is 1.59 bits per heavy atom. The zero-order valence-corrected chi connectivity index (χ0v) is 10.1. The standard InChI is InChI=1S/C7H16N2O.C2HF3O2/c1-7(2,3)5(8)6(10)9-4;3-2(4,5)1(6)7/h5H,8H2,1-4H3,(H,9,10);(H,6,7)/t5-;/m1./s1. The molecule has 0 aromatic carbocycles. The Morgan fingerprint density at radius 2 is 1.53 bits per heavy atom. The first-order valence-electron chi connectivity index (χ1n) is 4.61. The summed E-state index contributed by atoms with van der Waals surface area (Å²) in [7, 11) is 1.59. The number of carboxylic acids is 1. The van der Waals surface area contributed by atoms with Crippen LogP contribution < -0.4 is 11.1 Å². The molecule has 0 rings (SSSR count). The van der Waals surface area contributed by atoms with Gasteiger partial charge in [0.1, 0.15) is 0 Å². The van der Waals surface area contributed by atoms with E-state index >= 15 is 0 Å². The van der Waals surface area contributed by atoms with Crippen molar-refractivity contribution in [3.05, 3.63) is 0 Å². The number of halogens is 3. The number of rotatable bonds is 1. The van der Waals surface area contributed by atoms with Crippen molar-refractivity contribution in [2.45, 2.75) is 33.0 Å². The number of hydrogen-bond acceptors (Lipinski definition) is 3. The molecule has 0 unspecified atom stereocenters. The van der Waals surface area contributed by atoms with E-state index < -0.39 is 18.2 Å². The summed E-state index contributed by atoms with van der Waals surface area (Å²) in [6.45, 7) is 5.81. The molecule has 1 atom stereocenters. The van der Waals surface area contributed by atoms with Crippen LogP contribution >= 0.6 is 0 Å². The second-order valence-electron chi connectivity index (χ2n) is 4.26. The van der Waals surface area contributed by atoms with Gasteiger partial charge in [-0.3, -0.25) is 4.79 Å². The van der Waals surface area contributed by atoms with Crippen LogP contribution in [0.5, 0.6) is 0 Å². The summed E-state index contributed by atoms with van der Waals surface area (Å²) < 4.78 is 31.7. The van der Waals surface area contributed by atoms with Gasteiger partial charge >= 0.3 is 12.1 Å². The largest absolute Gasteiger partial charge is 0.490 e. The summed E-state index contributed by atoms with van der Waals surface area (Å²) in [5.74, 6) is -2.86. The van der Waals surface area contributed by atoms with Gasteiger partial charge in [0.15, 0.2) is 0 Å². The normalized spacial score (nSPS) is 13.2. The first kappa shape index (κ1) is 18.1. The molecule has 5 nitrogen and oxygen atoms in total. The lowest BCUT2D eigenvalue weighted by molar-refractivity contribution is -0.192. The van der Waals surface area contributed by atoms with Crippen LogP contribution in [-0.4, -0.2) is 36.2 Å². The van der Waals surface area contributed by atoms with E-state index in [1.165, 1.54) is 0 Å². The highest BCUT2D eigenvalue weighted by atomic mass is 19.4. The number of carbonyl (C=O) groups is 2. The Kier molecular flexibility index (Phi) is 6.83. The van der Waals surface area contributed by atoms with Gasteiger partial charge in [-0.1, -0.05) is 20.8 Å². The number of carbonyl (C=O) groups excluding carboxylic acids is 1. The third-order valence-electron chi connectivity index (χ3n) is 1.70. The molecule has 0 aromatic heterocycles. The van der Waals surface area contributed by atoms with Crippen molar-refractivity contribution >= 4 is 11.9 Å². The van der Waals surface area contributed by atoms with Crippen molar-refractivity contribution in [2.24, 2.45) is 11.1 Å². The lowest BCUT2D eigenvalue weighted by atomic mass is 9.87. The second kappa shape index (κ2) is 6.43. The van der Waals surface area contributed by atoms with Crippen molar-refractivity contribution in [2.75, 3.05) is 7.05 Å². The van der Waals surface area contributed by atoms with Crippen molar-refractivity contribution in [3.63, 3.8) is 0 Å². The maximum absolute atomic E-state index is 10.9. The van der Waals surface area contributed by atoms with E-state index in [9.17, 15) is 18.0 Å². The SMILES string of the molecule is CNC(=O)[C@@H](N)C(C)(C)C.O=C(O)C(F)(F)F. The molecule has 0 saturated carbocycles. The number of amides is 1. The van der Waals surface area contributed by atoms with Crippen LogP contribution in [0.3, 0.4) is 0 Å². The van der Waals surface area contributed by atoms with Crippen molar-refractivity contribution in [1.29, 1.82) is 0 Å². The average Bonchev–Trinajstić information content (AvgIpc) is 2.13. The molecule has 0 fully saturated rings. The summed E-state index contributed by atoms with van der Waals surface area (Å²) in [6, 6.07) is -0.419. The fourth-order valence-electron chi connectivity index (χ4n) is 0.549. The summed E-state index contributed by atoms with van der Waals surface area (Å²) in [4.78, 5) is 19.8. The van der Waals surface area contributed by atoms with Crippen LogP contribution in [0.1, 0.15) is 20.8 Å². The maximum Gasteiger partial charge on any atom is 0.490 e. The topological polar surface area (TPSA) is 92.4 Å². The fourth-order valence-corrected chi connectivity index (χ4v) is 0.549. The molecule has 8 heteroatoms. The molecule has 0 heterocycles. The van der Waals surface area contributed by atoms with Crippen LogP contribution in [0.4, 0.5) is 13.2 Å². The highest BCUT2D eigenvalue weighted by Gasteiger charge is 2.38. The number of hydrogen-bond donors (Lipinski definition) is 3. The first-order chi connectivity index (χ1) is 7.34. The van der Waals surface area contributed by atoms with Crippen molar-refractivity contribution in [1.82, 2.24) is 5.32 Å². The maximum atomic E-state index is 10.9. The Labute approximate surface area is 97.2 Å². The minimum absolute atomic E-state index is 0.104. The van der Waals surface area contributed by atoms with E-state index in [2.05, 4.69) is 5.32 Å². The van der Waals surface area contributed by atoms with Crippen LogP contribution in [0.2, 0.25) is 0 Å². The molecule has 102 valence electrons. The van der Waals surface area contributed by atoms with E-state index in [0.29, 0.717) is 0 Å². The Hall–Kier alpha value is -1.31. The van der Waals surface area contributed by atoms with Gasteiger partial charge in [-0.25, -0.2) is 4.79 Å². The van der Waals surface area contributed by atoms with Gasteiger partial charge in [-0.2, -0.15) is 13.2 Å². The third kappa shape index (κ3) is 8.49. The molecule has 0 spiro atoms. The van der Waals surface area contributed by atoms with Crippen molar-refractivity contribution < 1.29 is 27.9 Å². The highest BCUT2D eigenvalue weighted by Crippen LogP contribution is 2.16. The molecule has 17 heavy (non-hydrogen) atoms. The lowest BCUT2D eigenvalue weighted by Gasteiger charge is -2.24. The van der Waals surface area contributed by atoms with Gasteiger partial charge in [0.25, 0.3) is 0 Å². The number of alkyl halides is 3. The lowest BCUT2D eigenvalue weighted by Crippen LogP contribution is -2.47. The number of aliphatic carboxylic acids is 1. The first-order valence-corrected chi connectivity index (χ1v) is 4.61. The minimum Gasteiger partial charge on any atom is -0.475 e. The highest BCUT2D eigenvalue weighted by molar-refractivity contribution is 5.81. The molecule has 0 saturated heterocycles. The van der Waals surface area contributed by atoms with Crippen LogP contribution in [-0.2, 0) is 9.59 Å². The molecule has 0 bridgehead atoms. The van der Waals surface area contributed by atoms with Gasteiger partial charge in [-0.15, -0.1) is 0 Å². The number of carboxylic acid groups (broad SMARTS) is 1. The number of likely N-dealkylation sites (N-methyl/N-ethyl adjacent to an activating group) is 1. The molecule has 0 aliphatic rings. The van der Waals surface area contributed by atoms with Gasteiger partial charge < -0.3 is 16.2 Å². The van der Waals surface area contributed by atoms with Crippen LogP contribution in [0, 0.1) is 5.41 Å². The summed E-state index contributed by atoms with van der Waals surface area (Å²) >= 11 is 0. The van der Waals surface area contributed by atoms with E-state index in [1.54, 1.807) is 7.05 Å². The van der Waals surface area contributed by atoms with Gasteiger partial charge in [0, 0.05) is 7.05 Å². The zero-order valence-electron chi connectivity index (χ0n) is 10.1. The predicted molar refractivity (Wildman–Crippen MR) is 55.2 cm³/mol. The van der Waals surface area contributed by atoms with E-state index in [1.807, 2.05) is 20.8 Å². The van der Waals surface area contributed by atoms with Gasteiger partial charge in [0.2, 0.25) is 5.91 Å². The van der Waals surface area contributed by atoms with E-state index in [-0.39, 0.29) is 11.3 Å². The van der Waals surface area contributed by atoms with Gasteiger partial charge in [0.05, 0.1) is 6.04 Å². The average molecular weight is 258 g/mol. The monoisotopic (exact) mass is 258 g/mol. The smallest absolute Gasteiger partial charge is 0.475 e.